The van der Waals surface area contributed by atoms with Gasteiger partial charge in [0, 0.05) is 5.69 Å². The first-order valence-electron chi connectivity index (χ1n) is 7.44. The number of guanidine groups is 1. The number of anilines is 1. The average Bonchev–Trinajstić information content (AvgIpc) is 2.60. The molecule has 1 aliphatic rings. The molecule has 3 N–H and O–H groups in total. The van der Waals surface area contributed by atoms with Gasteiger partial charge >= 0.3 is 0 Å². The summed E-state index contributed by atoms with van der Waals surface area (Å²) >= 11 is 6.08. The van der Waals surface area contributed by atoms with Gasteiger partial charge in [-0.2, -0.15) is 0 Å². The highest BCUT2D eigenvalue weighted by atomic mass is 35.5. The molecule has 24 heavy (non-hydrogen) atoms. The van der Waals surface area contributed by atoms with Gasteiger partial charge in [-0.25, -0.2) is 4.99 Å². The zero-order valence-corrected chi connectivity index (χ0v) is 13.9. The van der Waals surface area contributed by atoms with Gasteiger partial charge in [-0.1, -0.05) is 23.7 Å². The number of nitrogens with two attached hydrogens (primary N) is 1. The second-order valence-electron chi connectivity index (χ2n) is 5.20. The number of methoxy groups -OCH3 is 1. The molecule has 0 bridgehead atoms. The van der Waals surface area contributed by atoms with E-state index in [2.05, 4.69) is 10.3 Å². The second-order valence-corrected chi connectivity index (χ2v) is 5.61. The summed E-state index contributed by atoms with van der Waals surface area (Å²) in [5, 5.41) is 3.48. The molecule has 0 amide bonds. The van der Waals surface area contributed by atoms with E-state index in [0.29, 0.717) is 23.9 Å². The second kappa shape index (κ2) is 7.31. The molecule has 3 rings (SSSR count). The lowest BCUT2D eigenvalue weighted by Gasteiger charge is -2.25. The van der Waals surface area contributed by atoms with Crippen molar-refractivity contribution in [3.8, 4) is 17.2 Å². The van der Waals surface area contributed by atoms with E-state index in [-0.39, 0.29) is 12.1 Å². The highest BCUT2D eigenvalue weighted by Gasteiger charge is 2.20. The fraction of sp³-hybridized carbons (Fsp3) is 0.235. The van der Waals surface area contributed by atoms with Gasteiger partial charge in [0.2, 0.25) is 0 Å². The van der Waals surface area contributed by atoms with Gasteiger partial charge in [0.05, 0.1) is 18.7 Å². The number of para-hydroxylation sites is 2. The Labute approximate surface area is 145 Å². The molecule has 7 heteroatoms. The lowest BCUT2D eigenvalue weighted by molar-refractivity contribution is 0.0972. The van der Waals surface area contributed by atoms with Crippen LogP contribution in [0.5, 0.6) is 17.2 Å². The molecular weight excluding hydrogens is 330 g/mol. The van der Waals surface area contributed by atoms with Crippen molar-refractivity contribution in [2.24, 2.45) is 10.7 Å². The fourth-order valence-corrected chi connectivity index (χ4v) is 2.54. The van der Waals surface area contributed by atoms with Gasteiger partial charge in [0.25, 0.3) is 0 Å². The van der Waals surface area contributed by atoms with Crippen LogP contribution in [0.25, 0.3) is 0 Å². The molecule has 0 aliphatic carbocycles. The Balaban J connectivity index is 1.58. The lowest BCUT2D eigenvalue weighted by atomic mass is 10.2. The smallest absolute Gasteiger partial charge is 0.193 e. The number of aliphatic imine (C=N–C) groups is 1. The molecule has 2 aromatic carbocycles. The first-order chi connectivity index (χ1) is 11.7. The van der Waals surface area contributed by atoms with Gasteiger partial charge in [-0.05, 0) is 30.3 Å². The molecule has 0 saturated heterocycles. The Morgan fingerprint density at radius 2 is 2.12 bits per heavy atom. The largest absolute Gasteiger partial charge is 0.495 e. The summed E-state index contributed by atoms with van der Waals surface area (Å²) in [6.07, 6.45) is -0.181. The molecule has 1 atom stereocenters. The number of hydrogen-bond donors (Lipinski definition) is 2. The number of nitrogens with zero attached hydrogens (tertiary/aromatic N) is 1. The minimum Gasteiger partial charge on any atom is -0.495 e. The van der Waals surface area contributed by atoms with Crippen molar-refractivity contribution in [1.82, 2.24) is 0 Å². The molecular formula is C17H18ClN3O3. The summed E-state index contributed by atoms with van der Waals surface area (Å²) in [5.74, 6) is 2.34. The summed E-state index contributed by atoms with van der Waals surface area (Å²) in [5.41, 5.74) is 6.64. The van der Waals surface area contributed by atoms with Crippen molar-refractivity contribution < 1.29 is 14.2 Å². The Hall–Kier alpha value is -2.60. The van der Waals surface area contributed by atoms with Crippen molar-refractivity contribution in [3.05, 3.63) is 47.5 Å². The number of halogens is 1. The molecule has 1 aliphatic heterocycles. The van der Waals surface area contributed by atoms with E-state index >= 15 is 0 Å². The number of nitrogens with one attached hydrogen (secondary N) is 1. The first kappa shape index (κ1) is 16.3. The zero-order chi connectivity index (χ0) is 16.9. The van der Waals surface area contributed by atoms with Crippen LogP contribution in [-0.4, -0.2) is 32.3 Å². The summed E-state index contributed by atoms with van der Waals surface area (Å²) in [6.45, 7) is 0.819. The van der Waals surface area contributed by atoms with E-state index in [1.807, 2.05) is 30.3 Å². The molecule has 0 fully saturated rings. The van der Waals surface area contributed by atoms with Gasteiger partial charge in [-0.15, -0.1) is 0 Å². The van der Waals surface area contributed by atoms with Crippen molar-refractivity contribution in [3.63, 3.8) is 0 Å². The summed E-state index contributed by atoms with van der Waals surface area (Å²) in [7, 11) is 1.56. The van der Waals surface area contributed by atoms with Crippen molar-refractivity contribution in [1.29, 1.82) is 0 Å². The Morgan fingerprint density at radius 3 is 2.88 bits per heavy atom. The van der Waals surface area contributed by atoms with E-state index < -0.39 is 0 Å². The van der Waals surface area contributed by atoms with E-state index in [4.69, 9.17) is 31.5 Å². The molecule has 0 radical (unpaired) electrons. The Morgan fingerprint density at radius 1 is 1.33 bits per heavy atom. The van der Waals surface area contributed by atoms with E-state index in [1.165, 1.54) is 0 Å². The maximum Gasteiger partial charge on any atom is 0.193 e. The third-order valence-electron chi connectivity index (χ3n) is 3.46. The highest BCUT2D eigenvalue weighted by Crippen LogP contribution is 2.31. The minimum absolute atomic E-state index is 0.181. The summed E-state index contributed by atoms with van der Waals surface area (Å²) in [4.78, 5) is 4.29. The number of fused-ring (bicyclic) bond motifs is 1. The average molecular weight is 348 g/mol. The first-order valence-corrected chi connectivity index (χ1v) is 7.82. The number of rotatable bonds is 4. The van der Waals surface area contributed by atoms with Crippen LogP contribution < -0.4 is 25.3 Å². The van der Waals surface area contributed by atoms with Crippen LogP contribution in [0, 0.1) is 0 Å². The van der Waals surface area contributed by atoms with Crippen LogP contribution in [0.1, 0.15) is 0 Å². The Bertz CT molecular complexity index is 752. The van der Waals surface area contributed by atoms with Crippen molar-refractivity contribution in [2.75, 3.05) is 25.6 Å². The van der Waals surface area contributed by atoms with Crippen LogP contribution in [0.15, 0.2) is 47.5 Å². The SMILES string of the molecule is COc1ccc(NC(N)=NCC2COc3ccccc3O2)cc1Cl. The zero-order valence-electron chi connectivity index (χ0n) is 13.2. The molecule has 126 valence electrons. The lowest BCUT2D eigenvalue weighted by Crippen LogP contribution is -2.33. The standard InChI is InChI=1S/C17H18ClN3O3/c1-22-14-7-6-11(8-13(14)18)21-17(19)20-9-12-10-23-15-4-2-3-5-16(15)24-12/h2-8,12H,9-10H2,1H3,(H3,19,20,21). The van der Waals surface area contributed by atoms with Crippen LogP contribution in [0.4, 0.5) is 5.69 Å². The summed E-state index contributed by atoms with van der Waals surface area (Å²) < 4.78 is 16.6. The maximum absolute atomic E-state index is 6.08. The quantitative estimate of drug-likeness (QED) is 0.656. The van der Waals surface area contributed by atoms with Gasteiger partial charge < -0.3 is 25.3 Å². The predicted molar refractivity (Wildman–Crippen MR) is 94.5 cm³/mol. The Kier molecular flexibility index (Phi) is 4.96. The highest BCUT2D eigenvalue weighted by molar-refractivity contribution is 6.32. The van der Waals surface area contributed by atoms with Gasteiger partial charge in [-0.3, -0.25) is 0 Å². The molecule has 0 spiro atoms. The number of benzene rings is 2. The predicted octanol–water partition coefficient (Wildman–Crippen LogP) is 2.92. The third kappa shape index (κ3) is 3.83. The van der Waals surface area contributed by atoms with E-state index in [9.17, 15) is 0 Å². The summed E-state index contributed by atoms with van der Waals surface area (Å²) in [6, 6.07) is 12.8. The normalized spacial score (nSPS) is 16.6. The maximum atomic E-state index is 6.08. The van der Waals surface area contributed by atoms with Crippen LogP contribution in [0.3, 0.4) is 0 Å². The third-order valence-corrected chi connectivity index (χ3v) is 3.75. The van der Waals surface area contributed by atoms with Gasteiger partial charge in [0.1, 0.15) is 12.4 Å². The van der Waals surface area contributed by atoms with Crippen molar-refractivity contribution >= 4 is 23.2 Å². The molecule has 2 aromatic rings. The number of ether oxygens (including phenoxy) is 3. The fourth-order valence-electron chi connectivity index (χ4n) is 2.28. The number of hydrogen-bond acceptors (Lipinski definition) is 4. The van der Waals surface area contributed by atoms with Gasteiger partial charge in [0.15, 0.2) is 23.6 Å². The monoisotopic (exact) mass is 347 g/mol. The van der Waals surface area contributed by atoms with Crippen LogP contribution in [0.2, 0.25) is 5.02 Å². The van der Waals surface area contributed by atoms with Crippen molar-refractivity contribution in [2.45, 2.75) is 6.10 Å². The molecule has 1 unspecified atom stereocenters. The molecule has 0 saturated carbocycles. The molecule has 1 heterocycles. The topological polar surface area (TPSA) is 78.1 Å². The van der Waals surface area contributed by atoms with E-state index in [1.54, 1.807) is 19.2 Å². The van der Waals surface area contributed by atoms with Crippen LogP contribution >= 0.6 is 11.6 Å². The molecule has 0 aromatic heterocycles. The minimum atomic E-state index is -0.181. The van der Waals surface area contributed by atoms with Crippen LogP contribution in [-0.2, 0) is 0 Å². The van der Waals surface area contributed by atoms with E-state index in [0.717, 1.165) is 17.2 Å². The molecule has 6 nitrogen and oxygen atoms in total.